The van der Waals surface area contributed by atoms with Crippen molar-refractivity contribution in [3.05, 3.63) is 26.9 Å². The Labute approximate surface area is 87.6 Å². The van der Waals surface area contributed by atoms with Gasteiger partial charge in [-0.3, -0.25) is 13.9 Å². The fourth-order valence-corrected chi connectivity index (χ4v) is 1.52. The van der Waals surface area contributed by atoms with Gasteiger partial charge in [0, 0.05) is 12.1 Å². The maximum Gasteiger partial charge on any atom is 0.334 e. The quantitative estimate of drug-likeness (QED) is 0.791. The first-order valence-electron chi connectivity index (χ1n) is 4.93. The van der Waals surface area contributed by atoms with Gasteiger partial charge in [-0.05, 0) is 27.7 Å². The van der Waals surface area contributed by atoms with Crippen LogP contribution >= 0.6 is 0 Å². The van der Waals surface area contributed by atoms with E-state index in [1.165, 1.54) is 4.57 Å². The van der Waals surface area contributed by atoms with Crippen LogP contribution in [-0.4, -0.2) is 14.2 Å². The zero-order valence-corrected chi connectivity index (χ0v) is 9.39. The van der Waals surface area contributed by atoms with Crippen molar-refractivity contribution >= 4 is 0 Å². The minimum Gasteiger partial charge on any atom is -0.494 e. The van der Waals surface area contributed by atoms with E-state index in [0.717, 1.165) is 10.6 Å². The monoisotopic (exact) mass is 212 g/mol. The van der Waals surface area contributed by atoms with E-state index in [-0.39, 0.29) is 18.0 Å². The van der Waals surface area contributed by atoms with Gasteiger partial charge in [-0.2, -0.15) is 0 Å². The number of aromatic hydroxyl groups is 1. The van der Waals surface area contributed by atoms with Crippen LogP contribution in [0.1, 0.15) is 39.8 Å². The Hall–Kier alpha value is -1.52. The van der Waals surface area contributed by atoms with Crippen molar-refractivity contribution in [3.63, 3.8) is 0 Å². The molecule has 0 saturated carbocycles. The largest absolute Gasteiger partial charge is 0.494 e. The van der Waals surface area contributed by atoms with Crippen LogP contribution in [-0.2, 0) is 0 Å². The van der Waals surface area contributed by atoms with Crippen molar-refractivity contribution in [3.8, 4) is 5.88 Å². The maximum absolute atomic E-state index is 11.9. The van der Waals surface area contributed by atoms with Gasteiger partial charge in [0.25, 0.3) is 5.56 Å². The molecule has 0 bridgehead atoms. The van der Waals surface area contributed by atoms with Crippen molar-refractivity contribution in [2.45, 2.75) is 39.8 Å². The van der Waals surface area contributed by atoms with Crippen LogP contribution in [0.5, 0.6) is 5.88 Å². The molecule has 0 aliphatic rings. The molecule has 0 aromatic carbocycles. The summed E-state index contributed by atoms with van der Waals surface area (Å²) >= 11 is 0. The molecular weight excluding hydrogens is 196 g/mol. The highest BCUT2D eigenvalue weighted by molar-refractivity contribution is 5.08. The number of hydrogen-bond acceptors (Lipinski definition) is 3. The highest BCUT2D eigenvalue weighted by Gasteiger charge is 2.14. The summed E-state index contributed by atoms with van der Waals surface area (Å²) < 4.78 is 2.32. The molecule has 5 nitrogen and oxygen atoms in total. The highest BCUT2D eigenvalue weighted by atomic mass is 16.3. The Morgan fingerprint density at radius 3 is 1.93 bits per heavy atom. The van der Waals surface area contributed by atoms with Gasteiger partial charge in [-0.25, -0.2) is 4.79 Å². The van der Waals surface area contributed by atoms with E-state index in [2.05, 4.69) is 0 Å². The fraction of sp³-hybridized carbons (Fsp3) is 0.600. The maximum atomic E-state index is 11.9. The van der Waals surface area contributed by atoms with Crippen molar-refractivity contribution < 1.29 is 5.11 Å². The molecule has 5 heteroatoms. The number of aromatic nitrogens is 2. The summed E-state index contributed by atoms with van der Waals surface area (Å²) in [6, 6.07) is 0.681. The van der Waals surface area contributed by atoms with E-state index < -0.39 is 11.2 Å². The fourth-order valence-electron chi connectivity index (χ4n) is 1.52. The van der Waals surface area contributed by atoms with E-state index in [1.807, 2.05) is 0 Å². The first-order chi connectivity index (χ1) is 6.86. The predicted octanol–water partition coefficient (Wildman–Crippen LogP) is 0.877. The second-order valence-electron chi connectivity index (χ2n) is 4.05. The van der Waals surface area contributed by atoms with Crippen molar-refractivity contribution in [2.24, 2.45) is 0 Å². The second kappa shape index (κ2) is 3.92. The minimum absolute atomic E-state index is 0.178. The summed E-state index contributed by atoms with van der Waals surface area (Å²) in [7, 11) is 0. The third kappa shape index (κ3) is 1.95. The zero-order chi connectivity index (χ0) is 11.7. The second-order valence-corrected chi connectivity index (χ2v) is 4.05. The molecule has 0 amide bonds. The average molecular weight is 212 g/mol. The molecule has 1 N–H and O–H groups in total. The first kappa shape index (κ1) is 11.6. The number of rotatable bonds is 2. The van der Waals surface area contributed by atoms with Gasteiger partial charge < -0.3 is 5.11 Å². The highest BCUT2D eigenvalue weighted by Crippen LogP contribution is 2.10. The topological polar surface area (TPSA) is 64.2 Å². The lowest BCUT2D eigenvalue weighted by atomic mass is 10.3. The van der Waals surface area contributed by atoms with Gasteiger partial charge in [0.1, 0.15) is 0 Å². The molecule has 84 valence electrons. The van der Waals surface area contributed by atoms with Crippen LogP contribution in [0.3, 0.4) is 0 Å². The van der Waals surface area contributed by atoms with Crippen molar-refractivity contribution in [1.29, 1.82) is 0 Å². The zero-order valence-electron chi connectivity index (χ0n) is 9.39. The molecule has 1 aromatic heterocycles. The van der Waals surface area contributed by atoms with Gasteiger partial charge in [0.15, 0.2) is 0 Å². The molecule has 15 heavy (non-hydrogen) atoms. The third-order valence-electron chi connectivity index (χ3n) is 2.18. The minimum atomic E-state index is -0.468. The van der Waals surface area contributed by atoms with Crippen LogP contribution in [0, 0.1) is 0 Å². The first-order valence-corrected chi connectivity index (χ1v) is 4.93. The third-order valence-corrected chi connectivity index (χ3v) is 2.18. The smallest absolute Gasteiger partial charge is 0.334 e. The lowest BCUT2D eigenvalue weighted by Gasteiger charge is -2.16. The molecule has 0 radical (unpaired) electrons. The van der Waals surface area contributed by atoms with Crippen LogP contribution in [0.25, 0.3) is 0 Å². The Bertz CT molecular complexity index is 469. The summed E-state index contributed by atoms with van der Waals surface area (Å²) in [5, 5.41) is 9.50. The molecule has 1 rings (SSSR count). The van der Waals surface area contributed by atoms with E-state index in [1.54, 1.807) is 27.7 Å². The van der Waals surface area contributed by atoms with Gasteiger partial charge >= 0.3 is 5.69 Å². The normalized spacial score (nSPS) is 11.3. The summed E-state index contributed by atoms with van der Waals surface area (Å²) in [6.45, 7) is 7.06. The van der Waals surface area contributed by atoms with E-state index >= 15 is 0 Å². The Kier molecular flexibility index (Phi) is 3.02. The SMILES string of the molecule is CC(C)n1c(O)cc(=O)n(C(C)C)c1=O. The Balaban J connectivity index is 3.65. The molecule has 0 atom stereocenters. The summed E-state index contributed by atoms with van der Waals surface area (Å²) in [5.74, 6) is -0.281. The molecule has 0 unspecified atom stereocenters. The van der Waals surface area contributed by atoms with Crippen LogP contribution < -0.4 is 11.2 Å². The van der Waals surface area contributed by atoms with E-state index in [0.29, 0.717) is 0 Å². The Morgan fingerprint density at radius 2 is 1.53 bits per heavy atom. The molecule has 0 spiro atoms. The van der Waals surface area contributed by atoms with Crippen LogP contribution in [0.4, 0.5) is 0 Å². The van der Waals surface area contributed by atoms with Gasteiger partial charge in [0.2, 0.25) is 5.88 Å². The van der Waals surface area contributed by atoms with E-state index in [4.69, 9.17) is 0 Å². The van der Waals surface area contributed by atoms with Gasteiger partial charge in [-0.15, -0.1) is 0 Å². The van der Waals surface area contributed by atoms with Crippen LogP contribution in [0.15, 0.2) is 15.7 Å². The molecule has 0 aliphatic heterocycles. The summed E-state index contributed by atoms with van der Waals surface area (Å²) in [5.41, 5.74) is -0.936. The molecule has 1 aromatic rings. The molecule has 0 saturated heterocycles. The lowest BCUT2D eigenvalue weighted by Crippen LogP contribution is -2.40. The molecule has 1 heterocycles. The Morgan fingerprint density at radius 1 is 1.07 bits per heavy atom. The lowest BCUT2D eigenvalue weighted by molar-refractivity contribution is 0.363. The van der Waals surface area contributed by atoms with Crippen molar-refractivity contribution in [2.75, 3.05) is 0 Å². The van der Waals surface area contributed by atoms with E-state index in [9.17, 15) is 14.7 Å². The molecule has 0 aliphatic carbocycles. The standard InChI is InChI=1S/C10H16N2O3/c1-6(2)11-8(13)5-9(14)12(7(3)4)10(11)15/h5-7,13H,1-4H3. The summed E-state index contributed by atoms with van der Waals surface area (Å²) in [4.78, 5) is 23.3. The number of nitrogens with zero attached hydrogens (tertiary/aromatic N) is 2. The predicted molar refractivity (Wildman–Crippen MR) is 57.4 cm³/mol. The van der Waals surface area contributed by atoms with Crippen molar-refractivity contribution in [1.82, 2.24) is 9.13 Å². The summed E-state index contributed by atoms with van der Waals surface area (Å²) in [6.07, 6.45) is 0. The van der Waals surface area contributed by atoms with Crippen LogP contribution in [0.2, 0.25) is 0 Å². The number of hydrogen-bond donors (Lipinski definition) is 1. The molecular formula is C10H16N2O3. The van der Waals surface area contributed by atoms with Gasteiger partial charge in [-0.1, -0.05) is 0 Å². The average Bonchev–Trinajstić information content (AvgIpc) is 1.99. The van der Waals surface area contributed by atoms with Gasteiger partial charge in [0.05, 0.1) is 6.07 Å². The molecule has 0 fully saturated rings.